The maximum Gasteiger partial charge on any atom is 0.338 e. The highest BCUT2D eigenvalue weighted by atomic mass is 16.5. The van der Waals surface area contributed by atoms with Crippen molar-refractivity contribution in [2.75, 3.05) is 51.9 Å². The molecule has 3 rings (SSSR count). The van der Waals surface area contributed by atoms with Crippen LogP contribution in [0.3, 0.4) is 0 Å². The van der Waals surface area contributed by atoms with Gasteiger partial charge in [0.15, 0.2) is 6.61 Å². The van der Waals surface area contributed by atoms with Gasteiger partial charge in [-0.05, 0) is 48.9 Å². The Morgan fingerprint density at radius 1 is 0.931 bits per heavy atom. The first-order valence-electron chi connectivity index (χ1n) is 9.50. The molecule has 1 amide bonds. The molecule has 0 atom stereocenters. The van der Waals surface area contributed by atoms with Crippen molar-refractivity contribution >= 4 is 17.6 Å². The Bertz CT molecular complexity index is 858. The molecule has 1 heterocycles. The van der Waals surface area contributed by atoms with Crippen molar-refractivity contribution in [3.05, 3.63) is 53.6 Å². The Kier molecular flexibility index (Phi) is 6.59. The monoisotopic (exact) mass is 398 g/mol. The van der Waals surface area contributed by atoms with E-state index >= 15 is 0 Å². The lowest BCUT2D eigenvalue weighted by Crippen LogP contribution is -2.49. The zero-order chi connectivity index (χ0) is 20.8. The van der Waals surface area contributed by atoms with Crippen molar-refractivity contribution in [2.24, 2.45) is 0 Å². The van der Waals surface area contributed by atoms with Crippen LogP contribution in [0.1, 0.15) is 15.9 Å². The number of ether oxygens (including phenoxy) is 3. The number of esters is 1. The molecule has 0 spiro atoms. The minimum atomic E-state index is -0.534. The molecule has 7 nitrogen and oxygen atoms in total. The summed E-state index contributed by atoms with van der Waals surface area (Å²) in [4.78, 5) is 28.6. The SMILES string of the molecule is COc1ccc(N2CCN(C(=O)COC(=O)c3ccc(C)c(OC)c3)CC2)cc1. The Morgan fingerprint density at radius 3 is 2.24 bits per heavy atom. The fraction of sp³-hybridized carbons (Fsp3) is 0.364. The van der Waals surface area contributed by atoms with E-state index in [1.54, 1.807) is 37.3 Å². The van der Waals surface area contributed by atoms with Gasteiger partial charge in [0, 0.05) is 31.9 Å². The highest BCUT2D eigenvalue weighted by Gasteiger charge is 2.22. The first kappa shape index (κ1) is 20.5. The van der Waals surface area contributed by atoms with Gasteiger partial charge in [0.25, 0.3) is 5.91 Å². The maximum absolute atomic E-state index is 12.4. The number of amides is 1. The average molecular weight is 398 g/mol. The molecule has 29 heavy (non-hydrogen) atoms. The summed E-state index contributed by atoms with van der Waals surface area (Å²) in [5.74, 6) is 0.705. The summed E-state index contributed by atoms with van der Waals surface area (Å²) in [6.45, 7) is 4.24. The zero-order valence-electron chi connectivity index (χ0n) is 17.0. The minimum Gasteiger partial charge on any atom is -0.497 e. The summed E-state index contributed by atoms with van der Waals surface area (Å²) < 4.78 is 15.6. The number of hydrogen-bond acceptors (Lipinski definition) is 6. The summed E-state index contributed by atoms with van der Waals surface area (Å²) in [6, 6.07) is 12.9. The van der Waals surface area contributed by atoms with Crippen LogP contribution in [0.2, 0.25) is 0 Å². The van der Waals surface area contributed by atoms with E-state index in [0.29, 0.717) is 24.4 Å². The van der Waals surface area contributed by atoms with E-state index in [1.807, 2.05) is 31.2 Å². The van der Waals surface area contributed by atoms with Crippen LogP contribution in [-0.4, -0.2) is 63.8 Å². The molecule has 2 aromatic rings. The van der Waals surface area contributed by atoms with Crippen LogP contribution in [0.25, 0.3) is 0 Å². The Balaban J connectivity index is 1.48. The van der Waals surface area contributed by atoms with Gasteiger partial charge in [0.05, 0.1) is 19.8 Å². The fourth-order valence-electron chi connectivity index (χ4n) is 3.26. The number of carbonyl (C=O) groups is 2. The third-order valence-electron chi connectivity index (χ3n) is 5.04. The van der Waals surface area contributed by atoms with Crippen LogP contribution in [0.4, 0.5) is 5.69 Å². The largest absolute Gasteiger partial charge is 0.497 e. The van der Waals surface area contributed by atoms with Gasteiger partial charge in [-0.1, -0.05) is 6.07 Å². The van der Waals surface area contributed by atoms with Crippen LogP contribution < -0.4 is 14.4 Å². The predicted molar refractivity (Wildman–Crippen MR) is 110 cm³/mol. The van der Waals surface area contributed by atoms with Gasteiger partial charge in [-0.25, -0.2) is 4.79 Å². The van der Waals surface area contributed by atoms with Crippen molar-refractivity contribution in [3.63, 3.8) is 0 Å². The van der Waals surface area contributed by atoms with Gasteiger partial charge in [-0.2, -0.15) is 0 Å². The molecular weight excluding hydrogens is 372 g/mol. The number of benzene rings is 2. The molecule has 154 valence electrons. The Labute approximate surface area is 170 Å². The second-order valence-corrected chi connectivity index (χ2v) is 6.83. The molecule has 1 fully saturated rings. The number of carbonyl (C=O) groups excluding carboxylic acids is 2. The fourth-order valence-corrected chi connectivity index (χ4v) is 3.26. The van der Waals surface area contributed by atoms with E-state index < -0.39 is 5.97 Å². The standard InChI is InChI=1S/C22H26N2O5/c1-16-4-5-17(14-20(16)28-3)22(26)29-15-21(25)24-12-10-23(11-13-24)18-6-8-19(27-2)9-7-18/h4-9,14H,10-13,15H2,1-3H3. The molecule has 2 aromatic carbocycles. The third kappa shape index (κ3) is 4.99. The van der Waals surface area contributed by atoms with Gasteiger partial charge in [-0.15, -0.1) is 0 Å². The lowest BCUT2D eigenvalue weighted by Gasteiger charge is -2.36. The number of hydrogen-bond donors (Lipinski definition) is 0. The maximum atomic E-state index is 12.4. The summed E-state index contributed by atoms with van der Waals surface area (Å²) in [5, 5.41) is 0. The van der Waals surface area contributed by atoms with Crippen molar-refractivity contribution in [3.8, 4) is 11.5 Å². The van der Waals surface area contributed by atoms with Gasteiger partial charge in [-0.3, -0.25) is 4.79 Å². The Hall–Kier alpha value is -3.22. The van der Waals surface area contributed by atoms with E-state index in [-0.39, 0.29) is 12.5 Å². The minimum absolute atomic E-state index is 0.188. The van der Waals surface area contributed by atoms with Crippen LogP contribution in [0.5, 0.6) is 11.5 Å². The molecule has 0 saturated carbocycles. The quantitative estimate of drug-likeness (QED) is 0.697. The molecule has 0 bridgehead atoms. The molecule has 0 unspecified atom stereocenters. The van der Waals surface area contributed by atoms with E-state index in [4.69, 9.17) is 14.2 Å². The third-order valence-corrected chi connectivity index (χ3v) is 5.04. The molecule has 1 aliphatic rings. The highest BCUT2D eigenvalue weighted by molar-refractivity contribution is 5.91. The number of aryl methyl sites for hydroxylation is 1. The second kappa shape index (κ2) is 9.32. The van der Waals surface area contributed by atoms with E-state index in [0.717, 1.165) is 30.1 Å². The highest BCUT2D eigenvalue weighted by Crippen LogP contribution is 2.21. The molecular formula is C22H26N2O5. The molecule has 0 N–H and O–H groups in total. The molecule has 0 aromatic heterocycles. The number of rotatable bonds is 6. The van der Waals surface area contributed by atoms with Crippen LogP contribution in [0, 0.1) is 6.92 Å². The molecule has 7 heteroatoms. The second-order valence-electron chi connectivity index (χ2n) is 6.83. The van der Waals surface area contributed by atoms with Gasteiger partial charge < -0.3 is 24.0 Å². The molecule has 0 radical (unpaired) electrons. The summed E-state index contributed by atoms with van der Waals surface area (Å²) in [7, 11) is 3.19. The number of piperazine rings is 1. The van der Waals surface area contributed by atoms with Crippen molar-refractivity contribution in [2.45, 2.75) is 6.92 Å². The first-order valence-corrected chi connectivity index (χ1v) is 9.50. The van der Waals surface area contributed by atoms with Gasteiger partial charge >= 0.3 is 5.97 Å². The predicted octanol–water partition coefficient (Wildman–Crippen LogP) is 2.52. The Morgan fingerprint density at radius 2 is 1.62 bits per heavy atom. The summed E-state index contributed by atoms with van der Waals surface area (Å²) >= 11 is 0. The number of anilines is 1. The van der Waals surface area contributed by atoms with Crippen molar-refractivity contribution in [1.82, 2.24) is 4.90 Å². The van der Waals surface area contributed by atoms with Crippen LogP contribution in [-0.2, 0) is 9.53 Å². The lowest BCUT2D eigenvalue weighted by atomic mass is 10.1. The molecule has 0 aliphatic carbocycles. The van der Waals surface area contributed by atoms with E-state index in [1.165, 1.54) is 0 Å². The van der Waals surface area contributed by atoms with E-state index in [2.05, 4.69) is 4.90 Å². The van der Waals surface area contributed by atoms with Crippen molar-refractivity contribution < 1.29 is 23.8 Å². The molecule has 1 aliphatic heterocycles. The van der Waals surface area contributed by atoms with Gasteiger partial charge in [0.2, 0.25) is 0 Å². The normalized spacial score (nSPS) is 13.8. The smallest absolute Gasteiger partial charge is 0.338 e. The van der Waals surface area contributed by atoms with Crippen LogP contribution in [0.15, 0.2) is 42.5 Å². The average Bonchev–Trinajstić information content (AvgIpc) is 2.77. The summed E-state index contributed by atoms with van der Waals surface area (Å²) in [6.07, 6.45) is 0. The first-order chi connectivity index (χ1) is 14.0. The number of methoxy groups -OCH3 is 2. The van der Waals surface area contributed by atoms with E-state index in [9.17, 15) is 9.59 Å². The topological polar surface area (TPSA) is 68.3 Å². The lowest BCUT2D eigenvalue weighted by molar-refractivity contribution is -0.134. The zero-order valence-corrected chi connectivity index (χ0v) is 17.0. The van der Waals surface area contributed by atoms with Gasteiger partial charge in [0.1, 0.15) is 11.5 Å². The summed E-state index contributed by atoms with van der Waals surface area (Å²) in [5.41, 5.74) is 2.39. The van der Waals surface area contributed by atoms with Crippen LogP contribution >= 0.6 is 0 Å². The van der Waals surface area contributed by atoms with Crippen molar-refractivity contribution in [1.29, 1.82) is 0 Å². The number of nitrogens with zero attached hydrogens (tertiary/aromatic N) is 2. The molecule has 1 saturated heterocycles.